The molecule has 6 heteroatoms. The van der Waals surface area contributed by atoms with Crippen LogP contribution >= 0.6 is 11.3 Å². The normalized spacial score (nSPS) is 15.5. The van der Waals surface area contributed by atoms with E-state index >= 15 is 0 Å². The van der Waals surface area contributed by atoms with Gasteiger partial charge in [-0.3, -0.25) is 9.59 Å². The minimum absolute atomic E-state index is 0.0570. The first-order chi connectivity index (χ1) is 10.6. The number of hydrogen-bond donors (Lipinski definition) is 2. The second-order valence-electron chi connectivity index (χ2n) is 5.91. The molecule has 118 valence electrons. The highest BCUT2D eigenvalue weighted by molar-refractivity contribution is 7.18. The molecule has 0 radical (unpaired) electrons. The van der Waals surface area contributed by atoms with Crippen LogP contribution in [0.15, 0.2) is 4.79 Å². The highest BCUT2D eigenvalue weighted by atomic mass is 32.1. The number of carbonyl (C=O) groups excluding carboxylic acids is 1. The number of rotatable bonds is 4. The Labute approximate surface area is 133 Å². The smallest absolute Gasteiger partial charge is 0.259 e. The SMILES string of the molecule is CCc1c(C)sc2nc(CC(=O)NC3CCCC3)[nH]c(=O)c12. The number of aromatic nitrogens is 2. The first-order valence-electron chi connectivity index (χ1n) is 7.89. The number of fused-ring (bicyclic) bond motifs is 1. The highest BCUT2D eigenvalue weighted by Gasteiger charge is 2.19. The lowest BCUT2D eigenvalue weighted by molar-refractivity contribution is -0.121. The summed E-state index contributed by atoms with van der Waals surface area (Å²) in [6.45, 7) is 4.05. The second kappa shape index (κ2) is 6.20. The van der Waals surface area contributed by atoms with Crippen molar-refractivity contribution in [3.05, 3.63) is 26.6 Å². The van der Waals surface area contributed by atoms with Gasteiger partial charge in [0.15, 0.2) is 0 Å². The van der Waals surface area contributed by atoms with Crippen molar-refractivity contribution in [1.29, 1.82) is 0 Å². The summed E-state index contributed by atoms with van der Waals surface area (Å²) in [5, 5.41) is 3.71. The standard InChI is InChI=1S/C16H21N3O2S/c1-3-11-9(2)22-16-14(11)15(21)18-12(19-16)8-13(20)17-10-6-4-5-7-10/h10H,3-8H2,1-2H3,(H,17,20)(H,18,19,21). The number of nitrogens with zero attached hydrogens (tertiary/aromatic N) is 1. The number of hydrogen-bond acceptors (Lipinski definition) is 4. The Balaban J connectivity index is 1.82. The van der Waals surface area contributed by atoms with Crippen LogP contribution < -0.4 is 10.9 Å². The van der Waals surface area contributed by atoms with Gasteiger partial charge in [0.25, 0.3) is 5.56 Å². The van der Waals surface area contributed by atoms with Gasteiger partial charge in [-0.1, -0.05) is 19.8 Å². The lowest BCUT2D eigenvalue weighted by atomic mass is 10.1. The van der Waals surface area contributed by atoms with E-state index in [1.807, 2.05) is 13.8 Å². The lowest BCUT2D eigenvalue weighted by Gasteiger charge is -2.11. The molecule has 0 saturated heterocycles. The quantitative estimate of drug-likeness (QED) is 0.909. The molecule has 2 N–H and O–H groups in total. The van der Waals surface area contributed by atoms with E-state index in [4.69, 9.17) is 0 Å². The molecule has 22 heavy (non-hydrogen) atoms. The third-order valence-corrected chi connectivity index (χ3v) is 5.35. The fourth-order valence-corrected chi connectivity index (χ4v) is 4.36. The largest absolute Gasteiger partial charge is 0.353 e. The maximum absolute atomic E-state index is 12.3. The maximum atomic E-state index is 12.3. The number of aryl methyl sites for hydroxylation is 2. The molecule has 5 nitrogen and oxygen atoms in total. The van der Waals surface area contributed by atoms with Crippen molar-refractivity contribution in [2.75, 3.05) is 0 Å². The summed E-state index contributed by atoms with van der Waals surface area (Å²) in [5.41, 5.74) is 0.936. The number of amides is 1. The van der Waals surface area contributed by atoms with Gasteiger partial charge in [0.05, 0.1) is 11.8 Å². The first kappa shape index (κ1) is 15.2. The van der Waals surface area contributed by atoms with Gasteiger partial charge < -0.3 is 10.3 Å². The third kappa shape index (κ3) is 2.92. The van der Waals surface area contributed by atoms with Crippen LogP contribution in [0.4, 0.5) is 0 Å². The van der Waals surface area contributed by atoms with E-state index in [0.29, 0.717) is 17.3 Å². The van der Waals surface area contributed by atoms with Crippen molar-refractivity contribution in [3.8, 4) is 0 Å². The van der Waals surface area contributed by atoms with Crippen molar-refractivity contribution in [1.82, 2.24) is 15.3 Å². The zero-order valence-electron chi connectivity index (χ0n) is 13.0. The van der Waals surface area contributed by atoms with Crippen LogP contribution in [0.1, 0.15) is 48.9 Å². The third-order valence-electron chi connectivity index (χ3n) is 4.31. The van der Waals surface area contributed by atoms with Crippen LogP contribution in [0.5, 0.6) is 0 Å². The summed E-state index contributed by atoms with van der Waals surface area (Å²) in [6, 6.07) is 0.290. The Morgan fingerprint density at radius 2 is 2.14 bits per heavy atom. The molecule has 0 bridgehead atoms. The van der Waals surface area contributed by atoms with Gasteiger partial charge in [-0.25, -0.2) is 4.98 Å². The minimum atomic E-state index is -0.130. The van der Waals surface area contributed by atoms with E-state index in [-0.39, 0.29) is 17.9 Å². The molecule has 1 saturated carbocycles. The molecule has 0 aliphatic heterocycles. The number of thiophene rings is 1. The average Bonchev–Trinajstić information content (AvgIpc) is 3.05. The molecular formula is C16H21N3O2S. The monoisotopic (exact) mass is 319 g/mol. The summed E-state index contributed by atoms with van der Waals surface area (Å²) in [7, 11) is 0. The van der Waals surface area contributed by atoms with Gasteiger partial charge >= 0.3 is 0 Å². The van der Waals surface area contributed by atoms with Crippen molar-refractivity contribution in [2.24, 2.45) is 0 Å². The van der Waals surface area contributed by atoms with Gasteiger partial charge in [-0.15, -0.1) is 11.3 Å². The van der Waals surface area contributed by atoms with Crippen molar-refractivity contribution in [3.63, 3.8) is 0 Å². The summed E-state index contributed by atoms with van der Waals surface area (Å²) in [4.78, 5) is 33.5. The van der Waals surface area contributed by atoms with Crippen LogP contribution in [0.3, 0.4) is 0 Å². The van der Waals surface area contributed by atoms with Crippen molar-refractivity contribution >= 4 is 27.5 Å². The van der Waals surface area contributed by atoms with Gasteiger partial charge in [0, 0.05) is 10.9 Å². The summed E-state index contributed by atoms with van der Waals surface area (Å²) in [5.74, 6) is 0.398. The zero-order valence-corrected chi connectivity index (χ0v) is 13.8. The Morgan fingerprint density at radius 3 is 2.82 bits per heavy atom. The molecule has 2 heterocycles. The zero-order chi connectivity index (χ0) is 15.7. The second-order valence-corrected chi connectivity index (χ2v) is 7.11. The predicted molar refractivity (Wildman–Crippen MR) is 88.5 cm³/mol. The van der Waals surface area contributed by atoms with Crippen LogP contribution in [-0.4, -0.2) is 21.9 Å². The van der Waals surface area contributed by atoms with Gasteiger partial charge in [-0.2, -0.15) is 0 Å². The van der Waals surface area contributed by atoms with Gasteiger partial charge in [-0.05, 0) is 31.7 Å². The molecule has 0 unspecified atom stereocenters. The van der Waals surface area contributed by atoms with E-state index in [1.54, 1.807) is 0 Å². The van der Waals surface area contributed by atoms with E-state index in [0.717, 1.165) is 34.5 Å². The fourth-order valence-electron chi connectivity index (χ4n) is 3.23. The Morgan fingerprint density at radius 1 is 1.41 bits per heavy atom. The van der Waals surface area contributed by atoms with Crippen LogP contribution in [0.25, 0.3) is 10.2 Å². The van der Waals surface area contributed by atoms with E-state index in [9.17, 15) is 9.59 Å². The fraction of sp³-hybridized carbons (Fsp3) is 0.562. The van der Waals surface area contributed by atoms with Gasteiger partial charge in [0.1, 0.15) is 10.7 Å². The molecule has 0 spiro atoms. The van der Waals surface area contributed by atoms with E-state index in [2.05, 4.69) is 15.3 Å². The predicted octanol–water partition coefficient (Wildman–Crippen LogP) is 2.46. The summed E-state index contributed by atoms with van der Waals surface area (Å²) in [6.07, 6.45) is 5.43. The molecular weight excluding hydrogens is 298 g/mol. The van der Waals surface area contributed by atoms with Crippen molar-refractivity contribution < 1.29 is 4.79 Å². The molecule has 1 aliphatic carbocycles. The van der Waals surface area contributed by atoms with Crippen LogP contribution in [0.2, 0.25) is 0 Å². The van der Waals surface area contributed by atoms with E-state index < -0.39 is 0 Å². The van der Waals surface area contributed by atoms with Crippen LogP contribution in [0, 0.1) is 6.92 Å². The number of H-pyrrole nitrogens is 1. The minimum Gasteiger partial charge on any atom is -0.353 e. The molecule has 2 aromatic heterocycles. The summed E-state index contributed by atoms with van der Waals surface area (Å²) >= 11 is 1.53. The molecule has 1 amide bonds. The lowest BCUT2D eigenvalue weighted by Crippen LogP contribution is -2.34. The average molecular weight is 319 g/mol. The van der Waals surface area contributed by atoms with Crippen molar-refractivity contribution in [2.45, 2.75) is 58.4 Å². The molecule has 0 aromatic carbocycles. The molecule has 1 aliphatic rings. The number of nitrogens with one attached hydrogen (secondary N) is 2. The van der Waals surface area contributed by atoms with E-state index in [1.165, 1.54) is 24.2 Å². The topological polar surface area (TPSA) is 74.8 Å². The van der Waals surface area contributed by atoms with Crippen LogP contribution in [-0.2, 0) is 17.6 Å². The number of carbonyl (C=O) groups is 1. The Bertz CT molecular complexity index is 757. The highest BCUT2D eigenvalue weighted by Crippen LogP contribution is 2.27. The maximum Gasteiger partial charge on any atom is 0.259 e. The Hall–Kier alpha value is -1.69. The van der Waals surface area contributed by atoms with Gasteiger partial charge in [0.2, 0.25) is 5.91 Å². The summed E-state index contributed by atoms with van der Waals surface area (Å²) < 4.78 is 0. The number of aromatic amines is 1. The molecule has 0 atom stereocenters. The first-order valence-corrected chi connectivity index (χ1v) is 8.70. The molecule has 2 aromatic rings. The Kier molecular flexibility index (Phi) is 4.29. The molecule has 3 rings (SSSR count). The molecule has 1 fully saturated rings.